The molecule has 1 fully saturated rings. The number of cyclic esters (lactones) is 1. The number of para-hydroxylation sites is 2. The van der Waals surface area contributed by atoms with Crippen LogP contribution in [0.2, 0.25) is 5.02 Å². The number of rotatable bonds is 5. The van der Waals surface area contributed by atoms with E-state index in [-0.39, 0.29) is 5.91 Å². The number of hydrogen-bond acceptors (Lipinski definition) is 4. The highest BCUT2D eigenvalue weighted by atomic mass is 35.5. The van der Waals surface area contributed by atoms with E-state index in [0.29, 0.717) is 35.3 Å². The summed E-state index contributed by atoms with van der Waals surface area (Å²) in [6.45, 7) is 2.42. The number of carbonyl (C=O) groups excluding carboxylic acids is 2. The van der Waals surface area contributed by atoms with Crippen molar-refractivity contribution in [1.82, 2.24) is 0 Å². The fourth-order valence-electron chi connectivity index (χ4n) is 2.46. The molecule has 0 aromatic heterocycles. The largest absolute Gasteiger partial charge is 0.481 e. The summed E-state index contributed by atoms with van der Waals surface area (Å²) < 4.78 is 10.6. The Balaban J connectivity index is 1.71. The first kappa shape index (κ1) is 17.1. The highest BCUT2D eigenvalue weighted by molar-refractivity contribution is 6.30. The van der Waals surface area contributed by atoms with Gasteiger partial charge in [0.05, 0.1) is 17.9 Å². The Morgan fingerprint density at radius 2 is 2.08 bits per heavy atom. The van der Waals surface area contributed by atoms with Crippen molar-refractivity contribution in [2.45, 2.75) is 13.0 Å². The lowest BCUT2D eigenvalue weighted by molar-refractivity contribution is -0.122. The molecule has 1 heterocycles. The summed E-state index contributed by atoms with van der Waals surface area (Å²) in [7, 11) is 0. The smallest absolute Gasteiger partial charge is 0.414 e. The molecular formula is C18H17ClN2O4. The second kappa shape index (κ2) is 7.44. The van der Waals surface area contributed by atoms with Gasteiger partial charge in [-0.05, 0) is 37.3 Å². The minimum absolute atomic E-state index is 0.329. The van der Waals surface area contributed by atoms with Crippen LogP contribution in [-0.4, -0.2) is 31.3 Å². The summed E-state index contributed by atoms with van der Waals surface area (Å²) >= 11 is 5.91. The van der Waals surface area contributed by atoms with Crippen molar-refractivity contribution < 1.29 is 19.1 Å². The molecule has 0 aliphatic carbocycles. The van der Waals surface area contributed by atoms with Gasteiger partial charge in [-0.25, -0.2) is 4.79 Å². The van der Waals surface area contributed by atoms with Gasteiger partial charge in [-0.15, -0.1) is 0 Å². The van der Waals surface area contributed by atoms with Gasteiger partial charge < -0.3 is 14.8 Å². The SMILES string of the molecule is CC(Oc1cccc(Cl)c1)C(=O)Nc1ccccc1N1CCOC1=O. The molecule has 130 valence electrons. The van der Waals surface area contributed by atoms with Gasteiger partial charge in [0, 0.05) is 5.02 Å². The number of hydrogen-bond donors (Lipinski definition) is 1. The molecule has 0 saturated carbocycles. The van der Waals surface area contributed by atoms with Gasteiger partial charge >= 0.3 is 6.09 Å². The van der Waals surface area contributed by atoms with Crippen molar-refractivity contribution in [2.24, 2.45) is 0 Å². The topological polar surface area (TPSA) is 67.9 Å². The summed E-state index contributed by atoms with van der Waals surface area (Å²) in [6.07, 6.45) is -1.16. The predicted molar refractivity (Wildman–Crippen MR) is 95.3 cm³/mol. The van der Waals surface area contributed by atoms with E-state index in [9.17, 15) is 9.59 Å². The Morgan fingerprint density at radius 1 is 1.28 bits per heavy atom. The lowest BCUT2D eigenvalue weighted by Gasteiger charge is -2.19. The van der Waals surface area contributed by atoms with Crippen molar-refractivity contribution in [3.8, 4) is 5.75 Å². The zero-order chi connectivity index (χ0) is 17.8. The molecule has 2 amide bonds. The van der Waals surface area contributed by atoms with Crippen LogP contribution in [0.3, 0.4) is 0 Å². The van der Waals surface area contributed by atoms with Crippen molar-refractivity contribution in [3.63, 3.8) is 0 Å². The molecule has 1 aliphatic heterocycles. The molecule has 7 heteroatoms. The van der Waals surface area contributed by atoms with Crippen LogP contribution in [0.1, 0.15) is 6.92 Å². The van der Waals surface area contributed by atoms with Crippen LogP contribution in [0.15, 0.2) is 48.5 Å². The average molecular weight is 361 g/mol. The van der Waals surface area contributed by atoms with Gasteiger partial charge in [-0.3, -0.25) is 9.69 Å². The van der Waals surface area contributed by atoms with Gasteiger partial charge in [-0.2, -0.15) is 0 Å². The first-order valence-electron chi connectivity index (χ1n) is 7.81. The fourth-order valence-corrected chi connectivity index (χ4v) is 2.64. The summed E-state index contributed by atoms with van der Waals surface area (Å²) in [5.74, 6) is 0.173. The van der Waals surface area contributed by atoms with E-state index < -0.39 is 12.2 Å². The molecular weight excluding hydrogens is 344 g/mol. The second-order valence-corrected chi connectivity index (χ2v) is 5.93. The normalized spacial score (nSPS) is 14.8. The Morgan fingerprint density at radius 3 is 2.80 bits per heavy atom. The third kappa shape index (κ3) is 4.03. The van der Waals surface area contributed by atoms with E-state index in [0.717, 1.165) is 0 Å². The maximum absolute atomic E-state index is 12.4. The third-order valence-corrected chi connectivity index (χ3v) is 3.93. The zero-order valence-electron chi connectivity index (χ0n) is 13.6. The molecule has 6 nitrogen and oxygen atoms in total. The summed E-state index contributed by atoms with van der Waals surface area (Å²) in [5, 5.41) is 3.33. The minimum atomic E-state index is -0.739. The van der Waals surface area contributed by atoms with Crippen LogP contribution < -0.4 is 15.0 Å². The van der Waals surface area contributed by atoms with Crippen LogP contribution in [0.5, 0.6) is 5.75 Å². The first-order valence-corrected chi connectivity index (χ1v) is 8.19. The van der Waals surface area contributed by atoms with E-state index in [2.05, 4.69) is 5.32 Å². The minimum Gasteiger partial charge on any atom is -0.481 e. The van der Waals surface area contributed by atoms with Crippen molar-refractivity contribution in [1.29, 1.82) is 0 Å². The number of nitrogens with zero attached hydrogens (tertiary/aromatic N) is 1. The summed E-state index contributed by atoms with van der Waals surface area (Å²) in [5.41, 5.74) is 1.11. The quantitative estimate of drug-likeness (QED) is 0.882. The molecule has 1 N–H and O–H groups in total. The van der Waals surface area contributed by atoms with Gasteiger partial charge in [0.2, 0.25) is 0 Å². The molecule has 1 atom stereocenters. The molecule has 0 bridgehead atoms. The number of nitrogens with one attached hydrogen (secondary N) is 1. The third-order valence-electron chi connectivity index (χ3n) is 3.69. The Kier molecular flexibility index (Phi) is 5.09. The number of amides is 2. The maximum Gasteiger partial charge on any atom is 0.414 e. The molecule has 0 radical (unpaired) electrons. The number of ether oxygens (including phenoxy) is 2. The zero-order valence-corrected chi connectivity index (χ0v) is 14.3. The Bertz CT molecular complexity index is 796. The molecule has 1 aliphatic rings. The van der Waals surface area contributed by atoms with Gasteiger partial charge in [0.1, 0.15) is 12.4 Å². The van der Waals surface area contributed by atoms with Gasteiger partial charge in [0.15, 0.2) is 6.10 Å². The summed E-state index contributed by atoms with van der Waals surface area (Å²) in [6, 6.07) is 13.9. The second-order valence-electron chi connectivity index (χ2n) is 5.49. The van der Waals surface area contributed by atoms with Gasteiger partial charge in [-0.1, -0.05) is 29.8 Å². The van der Waals surface area contributed by atoms with E-state index in [4.69, 9.17) is 21.1 Å². The fraction of sp³-hybridized carbons (Fsp3) is 0.222. The van der Waals surface area contributed by atoms with E-state index in [1.165, 1.54) is 4.90 Å². The highest BCUT2D eigenvalue weighted by Gasteiger charge is 2.26. The van der Waals surface area contributed by atoms with Crippen molar-refractivity contribution in [2.75, 3.05) is 23.4 Å². The van der Waals surface area contributed by atoms with E-state index in [1.807, 2.05) is 0 Å². The average Bonchev–Trinajstić information content (AvgIpc) is 3.01. The lowest BCUT2D eigenvalue weighted by Crippen LogP contribution is -2.31. The molecule has 1 unspecified atom stereocenters. The van der Waals surface area contributed by atoms with Crippen molar-refractivity contribution >= 4 is 35.0 Å². The van der Waals surface area contributed by atoms with Crippen LogP contribution >= 0.6 is 11.6 Å². The highest BCUT2D eigenvalue weighted by Crippen LogP contribution is 2.28. The molecule has 3 rings (SSSR count). The molecule has 25 heavy (non-hydrogen) atoms. The molecule has 1 saturated heterocycles. The summed E-state index contributed by atoms with van der Waals surface area (Å²) in [4.78, 5) is 25.7. The van der Waals surface area contributed by atoms with Crippen LogP contribution in [0, 0.1) is 0 Å². The van der Waals surface area contributed by atoms with E-state index in [1.54, 1.807) is 55.5 Å². The van der Waals surface area contributed by atoms with E-state index >= 15 is 0 Å². The van der Waals surface area contributed by atoms with Crippen LogP contribution in [0.25, 0.3) is 0 Å². The van der Waals surface area contributed by atoms with Crippen LogP contribution in [0.4, 0.5) is 16.2 Å². The number of anilines is 2. The number of carbonyl (C=O) groups is 2. The van der Waals surface area contributed by atoms with Crippen LogP contribution in [-0.2, 0) is 9.53 Å². The lowest BCUT2D eigenvalue weighted by atomic mass is 10.2. The monoisotopic (exact) mass is 360 g/mol. The first-order chi connectivity index (χ1) is 12.0. The molecule has 2 aromatic rings. The predicted octanol–water partition coefficient (Wildman–Crippen LogP) is 3.70. The van der Waals surface area contributed by atoms with Gasteiger partial charge in [0.25, 0.3) is 5.91 Å². The maximum atomic E-state index is 12.4. The standard InChI is InChI=1S/C18H17ClN2O4/c1-12(25-14-6-4-5-13(19)11-14)17(22)20-15-7-2-3-8-16(15)21-9-10-24-18(21)23/h2-8,11-12H,9-10H2,1H3,(H,20,22). The number of benzene rings is 2. The van der Waals surface area contributed by atoms with Crippen molar-refractivity contribution in [3.05, 3.63) is 53.6 Å². The molecule has 0 spiro atoms. The Labute approximate surface area is 150 Å². The number of halogens is 1. The Hall–Kier alpha value is -2.73. The molecule has 2 aromatic carbocycles.